The summed E-state index contributed by atoms with van der Waals surface area (Å²) in [7, 11) is 0. The van der Waals surface area contributed by atoms with E-state index in [-0.39, 0.29) is 12.4 Å². The Kier molecular flexibility index (Phi) is 5.23. The lowest BCUT2D eigenvalue weighted by Crippen LogP contribution is -1.99. The average Bonchev–Trinajstić information content (AvgIpc) is 2.68. The molecule has 4 rings (SSSR count). The summed E-state index contributed by atoms with van der Waals surface area (Å²) in [4.78, 5) is 12.4. The SMILES string of the molecule is Fc1cccc(COc2ccc(Nc3ncnc4cnc(Cl)cc34)cc2Cl)c1. The van der Waals surface area contributed by atoms with Gasteiger partial charge in [0.15, 0.2) is 0 Å². The lowest BCUT2D eigenvalue weighted by Gasteiger charge is -2.12. The van der Waals surface area contributed by atoms with Gasteiger partial charge in [-0.2, -0.15) is 0 Å². The molecule has 0 amide bonds. The number of ether oxygens (including phenoxy) is 1. The fourth-order valence-corrected chi connectivity index (χ4v) is 3.05. The first kappa shape index (κ1) is 18.4. The molecule has 1 N–H and O–H groups in total. The lowest BCUT2D eigenvalue weighted by molar-refractivity contribution is 0.306. The van der Waals surface area contributed by atoms with Crippen molar-refractivity contribution in [1.82, 2.24) is 15.0 Å². The van der Waals surface area contributed by atoms with Crippen molar-refractivity contribution in [3.05, 3.63) is 82.6 Å². The highest BCUT2D eigenvalue weighted by Crippen LogP contribution is 2.31. The lowest BCUT2D eigenvalue weighted by atomic mass is 10.2. The van der Waals surface area contributed by atoms with Crippen molar-refractivity contribution in [3.63, 3.8) is 0 Å². The molecule has 0 aliphatic carbocycles. The first-order chi connectivity index (χ1) is 13.6. The zero-order valence-corrected chi connectivity index (χ0v) is 15.9. The van der Waals surface area contributed by atoms with E-state index in [2.05, 4.69) is 20.3 Å². The maximum Gasteiger partial charge on any atom is 0.141 e. The molecule has 2 heterocycles. The van der Waals surface area contributed by atoms with E-state index < -0.39 is 0 Å². The van der Waals surface area contributed by atoms with Crippen LogP contribution in [0.5, 0.6) is 5.75 Å². The third-order valence-corrected chi connectivity index (χ3v) is 4.47. The predicted octanol–water partition coefficient (Wildman–Crippen LogP) is 5.79. The second-order valence-corrected chi connectivity index (χ2v) is 6.73. The number of halogens is 3. The van der Waals surface area contributed by atoms with Gasteiger partial charge in [-0.15, -0.1) is 0 Å². The number of benzene rings is 2. The van der Waals surface area contributed by atoms with Crippen molar-refractivity contribution in [2.45, 2.75) is 6.61 Å². The summed E-state index contributed by atoms with van der Waals surface area (Å²) >= 11 is 12.3. The zero-order chi connectivity index (χ0) is 19.5. The summed E-state index contributed by atoms with van der Waals surface area (Å²) in [6.07, 6.45) is 3.03. The molecular weight excluding hydrogens is 402 g/mol. The Bertz CT molecular complexity index is 1160. The van der Waals surface area contributed by atoms with Crippen LogP contribution in [0.4, 0.5) is 15.9 Å². The van der Waals surface area contributed by atoms with Crippen LogP contribution < -0.4 is 10.1 Å². The molecule has 0 aliphatic rings. The minimum absolute atomic E-state index is 0.215. The maximum atomic E-state index is 13.3. The zero-order valence-electron chi connectivity index (χ0n) is 14.4. The molecule has 0 radical (unpaired) electrons. The molecule has 0 unspecified atom stereocenters. The van der Waals surface area contributed by atoms with E-state index in [1.807, 2.05) is 6.07 Å². The molecule has 0 saturated heterocycles. The molecule has 0 spiro atoms. The van der Waals surface area contributed by atoms with Crippen LogP contribution >= 0.6 is 23.2 Å². The maximum absolute atomic E-state index is 13.3. The monoisotopic (exact) mass is 414 g/mol. The fraction of sp³-hybridized carbons (Fsp3) is 0.0500. The second kappa shape index (κ2) is 7.96. The van der Waals surface area contributed by atoms with Crippen molar-refractivity contribution in [1.29, 1.82) is 0 Å². The highest BCUT2D eigenvalue weighted by Gasteiger charge is 2.08. The number of anilines is 2. The van der Waals surface area contributed by atoms with Gasteiger partial charge in [0.1, 0.15) is 35.5 Å². The van der Waals surface area contributed by atoms with E-state index in [4.69, 9.17) is 27.9 Å². The van der Waals surface area contributed by atoms with E-state index in [1.165, 1.54) is 18.5 Å². The molecule has 4 aromatic rings. The van der Waals surface area contributed by atoms with Gasteiger partial charge in [0.25, 0.3) is 0 Å². The number of nitrogens with one attached hydrogen (secondary N) is 1. The van der Waals surface area contributed by atoms with E-state index in [1.54, 1.807) is 36.5 Å². The Morgan fingerprint density at radius 1 is 1.00 bits per heavy atom. The predicted molar refractivity (Wildman–Crippen MR) is 108 cm³/mol. The molecule has 0 bridgehead atoms. The topological polar surface area (TPSA) is 59.9 Å². The summed E-state index contributed by atoms with van der Waals surface area (Å²) in [6.45, 7) is 0.215. The molecule has 0 atom stereocenters. The van der Waals surface area contributed by atoms with Crippen LogP contribution in [0.25, 0.3) is 10.9 Å². The molecule has 5 nitrogen and oxygen atoms in total. The molecule has 2 aromatic carbocycles. The summed E-state index contributed by atoms with van der Waals surface area (Å²) < 4.78 is 18.9. The molecule has 8 heteroatoms. The number of nitrogens with zero attached hydrogens (tertiary/aromatic N) is 3. The average molecular weight is 415 g/mol. The van der Waals surface area contributed by atoms with Crippen molar-refractivity contribution in [2.24, 2.45) is 0 Å². The van der Waals surface area contributed by atoms with E-state index in [9.17, 15) is 4.39 Å². The molecule has 0 aliphatic heterocycles. The Balaban J connectivity index is 1.53. The quantitative estimate of drug-likeness (QED) is 0.418. The summed E-state index contributed by atoms with van der Waals surface area (Å²) in [5.41, 5.74) is 2.11. The molecular formula is C20H13Cl2FN4O. The van der Waals surface area contributed by atoms with Crippen molar-refractivity contribution < 1.29 is 9.13 Å². The highest BCUT2D eigenvalue weighted by atomic mass is 35.5. The van der Waals surface area contributed by atoms with Crippen LogP contribution in [0.2, 0.25) is 10.2 Å². The Labute approximate surface area is 170 Å². The largest absolute Gasteiger partial charge is 0.487 e. The highest BCUT2D eigenvalue weighted by molar-refractivity contribution is 6.32. The van der Waals surface area contributed by atoms with Gasteiger partial charge in [0.2, 0.25) is 0 Å². The number of pyridine rings is 1. The normalized spacial score (nSPS) is 10.8. The second-order valence-electron chi connectivity index (χ2n) is 5.94. The van der Waals surface area contributed by atoms with Crippen LogP contribution in [-0.4, -0.2) is 15.0 Å². The third-order valence-electron chi connectivity index (χ3n) is 3.97. The van der Waals surface area contributed by atoms with Crippen LogP contribution in [0.15, 0.2) is 61.1 Å². The van der Waals surface area contributed by atoms with Gasteiger partial charge in [-0.05, 0) is 42.0 Å². The number of rotatable bonds is 5. The smallest absolute Gasteiger partial charge is 0.141 e. The van der Waals surface area contributed by atoms with Gasteiger partial charge in [0.05, 0.1) is 16.7 Å². The standard InChI is InChI=1S/C20H13Cl2FN4O/c21-16-7-14(4-5-18(16)28-10-12-2-1-3-13(23)6-12)27-20-15-8-19(22)24-9-17(15)25-11-26-20/h1-9,11H,10H2,(H,25,26,27). The Hall–Kier alpha value is -2.96. The van der Waals surface area contributed by atoms with E-state index in [0.29, 0.717) is 27.3 Å². The minimum Gasteiger partial charge on any atom is -0.487 e. The Morgan fingerprint density at radius 2 is 1.89 bits per heavy atom. The van der Waals surface area contributed by atoms with Gasteiger partial charge < -0.3 is 10.1 Å². The van der Waals surface area contributed by atoms with Crippen molar-refractivity contribution >= 4 is 45.6 Å². The van der Waals surface area contributed by atoms with Crippen LogP contribution in [0.3, 0.4) is 0 Å². The number of fused-ring (bicyclic) bond motifs is 1. The molecule has 0 fully saturated rings. The Morgan fingerprint density at radius 3 is 2.71 bits per heavy atom. The number of hydrogen-bond acceptors (Lipinski definition) is 5. The summed E-state index contributed by atoms with van der Waals surface area (Å²) in [5.74, 6) is 0.772. The van der Waals surface area contributed by atoms with Gasteiger partial charge in [-0.25, -0.2) is 19.3 Å². The first-order valence-electron chi connectivity index (χ1n) is 8.28. The summed E-state index contributed by atoms with van der Waals surface area (Å²) in [5, 5.41) is 4.70. The van der Waals surface area contributed by atoms with Gasteiger partial charge in [-0.3, -0.25) is 0 Å². The third kappa shape index (κ3) is 4.13. The van der Waals surface area contributed by atoms with Gasteiger partial charge in [-0.1, -0.05) is 35.3 Å². The molecule has 28 heavy (non-hydrogen) atoms. The minimum atomic E-state index is -0.306. The van der Waals surface area contributed by atoms with Crippen molar-refractivity contribution in [2.75, 3.05) is 5.32 Å². The van der Waals surface area contributed by atoms with Crippen LogP contribution in [0, 0.1) is 5.82 Å². The number of aromatic nitrogens is 3. The fourth-order valence-electron chi connectivity index (χ4n) is 2.65. The molecule has 0 saturated carbocycles. The number of hydrogen-bond donors (Lipinski definition) is 1. The van der Waals surface area contributed by atoms with E-state index in [0.717, 1.165) is 16.6 Å². The van der Waals surface area contributed by atoms with Crippen LogP contribution in [-0.2, 0) is 6.61 Å². The van der Waals surface area contributed by atoms with Gasteiger partial charge >= 0.3 is 0 Å². The summed E-state index contributed by atoms with van der Waals surface area (Å²) in [6, 6.07) is 13.2. The van der Waals surface area contributed by atoms with Crippen molar-refractivity contribution in [3.8, 4) is 5.75 Å². The molecule has 2 aromatic heterocycles. The van der Waals surface area contributed by atoms with Gasteiger partial charge in [0, 0.05) is 11.1 Å². The molecule has 140 valence electrons. The van der Waals surface area contributed by atoms with E-state index >= 15 is 0 Å². The van der Waals surface area contributed by atoms with Crippen LogP contribution in [0.1, 0.15) is 5.56 Å². The first-order valence-corrected chi connectivity index (χ1v) is 9.04.